The number of hydrogen-bond acceptors (Lipinski definition) is 5. The molecule has 8 nitrogen and oxygen atoms in total. The minimum Gasteiger partial charge on any atom is -0.379 e. The molecule has 4 heterocycles. The lowest BCUT2D eigenvalue weighted by Gasteiger charge is -2.33. The van der Waals surface area contributed by atoms with E-state index in [0.29, 0.717) is 13.1 Å². The molecule has 0 unspecified atom stereocenters. The van der Waals surface area contributed by atoms with Gasteiger partial charge in [-0.05, 0) is 18.9 Å². The van der Waals surface area contributed by atoms with E-state index in [-0.39, 0.29) is 18.4 Å². The molecular formula is C19H21N7O. The summed E-state index contributed by atoms with van der Waals surface area (Å²) in [5.74, 6) is 0.733. The van der Waals surface area contributed by atoms with Crippen molar-refractivity contribution in [3.05, 3.63) is 30.9 Å². The van der Waals surface area contributed by atoms with Gasteiger partial charge >= 0.3 is 0 Å². The number of amides is 1. The van der Waals surface area contributed by atoms with Crippen LogP contribution in [0.2, 0.25) is 0 Å². The maximum absolute atomic E-state index is 12.1. The van der Waals surface area contributed by atoms with E-state index in [0.717, 1.165) is 41.0 Å². The number of anilines is 1. The average molecular weight is 363 g/mol. The molecule has 1 atom stereocenters. The Bertz CT molecular complexity index is 1010. The molecule has 0 aromatic carbocycles. The van der Waals surface area contributed by atoms with Crippen molar-refractivity contribution in [2.45, 2.75) is 25.3 Å². The number of nitrogens with one attached hydrogen (secondary N) is 2. The Hall–Kier alpha value is -3.34. The fraction of sp³-hybridized carbons (Fsp3) is 0.368. The van der Waals surface area contributed by atoms with Crippen molar-refractivity contribution in [2.24, 2.45) is 7.05 Å². The number of H-pyrrole nitrogens is 1. The zero-order valence-electron chi connectivity index (χ0n) is 15.1. The monoisotopic (exact) mass is 363 g/mol. The van der Waals surface area contributed by atoms with Crippen LogP contribution in [0, 0.1) is 11.3 Å². The smallest absolute Gasteiger partial charge is 0.236 e. The molecule has 0 bridgehead atoms. The van der Waals surface area contributed by atoms with Gasteiger partial charge in [-0.2, -0.15) is 5.26 Å². The number of hydrogen-bond donors (Lipinski definition) is 2. The van der Waals surface area contributed by atoms with Crippen molar-refractivity contribution in [3.8, 4) is 17.5 Å². The standard InChI is InChI=1S/C19H21N7O/c1-25-10-8-22-19(25)15-11-23-18-14(5-7-21-18)17(15)24-13-3-2-9-26(12-13)16(27)4-6-20/h5,7-8,10-11,13H,2-4,9,12H2,1H3,(H2,21,23,24)/t13-/m1/s1. The molecule has 1 aliphatic rings. The third-order valence-electron chi connectivity index (χ3n) is 5.00. The van der Waals surface area contributed by atoms with Crippen LogP contribution in [0.3, 0.4) is 0 Å². The van der Waals surface area contributed by atoms with Gasteiger partial charge in [0.1, 0.15) is 17.9 Å². The maximum Gasteiger partial charge on any atom is 0.236 e. The van der Waals surface area contributed by atoms with Gasteiger partial charge in [0.15, 0.2) is 0 Å². The van der Waals surface area contributed by atoms with Gasteiger partial charge in [0.2, 0.25) is 5.91 Å². The number of nitriles is 1. The maximum atomic E-state index is 12.1. The van der Waals surface area contributed by atoms with Crippen molar-refractivity contribution in [2.75, 3.05) is 18.4 Å². The second kappa shape index (κ2) is 7.11. The molecule has 0 radical (unpaired) electrons. The highest BCUT2D eigenvalue weighted by molar-refractivity contribution is 5.97. The molecule has 0 aliphatic carbocycles. The summed E-state index contributed by atoms with van der Waals surface area (Å²) in [5.41, 5.74) is 2.70. The molecule has 1 saturated heterocycles. The molecule has 3 aromatic heterocycles. The van der Waals surface area contributed by atoms with Gasteiger partial charge in [-0.1, -0.05) is 0 Å². The van der Waals surface area contributed by atoms with Crippen molar-refractivity contribution in [1.82, 2.24) is 24.4 Å². The van der Waals surface area contributed by atoms with E-state index in [1.807, 2.05) is 42.3 Å². The fourth-order valence-corrected chi connectivity index (χ4v) is 3.66. The Balaban J connectivity index is 1.67. The number of aryl methyl sites for hydroxylation is 1. The number of pyridine rings is 1. The number of piperidine rings is 1. The second-order valence-electron chi connectivity index (χ2n) is 6.81. The SMILES string of the molecule is Cn1ccnc1-c1cnc2[nH]ccc2c1N[C@@H]1CCCN(C(=O)CC#N)C1. The van der Waals surface area contributed by atoms with Crippen LogP contribution in [0.1, 0.15) is 19.3 Å². The van der Waals surface area contributed by atoms with Gasteiger partial charge in [0.25, 0.3) is 0 Å². The molecule has 0 spiro atoms. The van der Waals surface area contributed by atoms with Gasteiger partial charge < -0.3 is 19.8 Å². The highest BCUT2D eigenvalue weighted by Crippen LogP contribution is 2.33. The van der Waals surface area contributed by atoms with Crippen LogP contribution in [0.25, 0.3) is 22.4 Å². The van der Waals surface area contributed by atoms with E-state index in [2.05, 4.69) is 20.3 Å². The Morgan fingerprint density at radius 1 is 1.48 bits per heavy atom. The molecule has 0 saturated carbocycles. The first kappa shape index (κ1) is 17.1. The first-order chi connectivity index (χ1) is 13.2. The molecule has 1 amide bonds. The Labute approximate surface area is 156 Å². The summed E-state index contributed by atoms with van der Waals surface area (Å²) < 4.78 is 1.96. The van der Waals surface area contributed by atoms with E-state index in [1.54, 1.807) is 11.1 Å². The first-order valence-electron chi connectivity index (χ1n) is 9.02. The van der Waals surface area contributed by atoms with Gasteiger partial charge in [-0.3, -0.25) is 4.79 Å². The van der Waals surface area contributed by atoms with E-state index < -0.39 is 0 Å². The summed E-state index contributed by atoms with van der Waals surface area (Å²) in [7, 11) is 1.95. The lowest BCUT2D eigenvalue weighted by molar-refractivity contribution is -0.131. The molecular weight excluding hydrogens is 342 g/mol. The van der Waals surface area contributed by atoms with Gasteiger partial charge in [-0.15, -0.1) is 0 Å². The largest absolute Gasteiger partial charge is 0.379 e. The first-order valence-corrected chi connectivity index (χ1v) is 9.02. The van der Waals surface area contributed by atoms with Crippen LogP contribution in [-0.2, 0) is 11.8 Å². The van der Waals surface area contributed by atoms with Crippen LogP contribution >= 0.6 is 0 Å². The zero-order chi connectivity index (χ0) is 18.8. The van der Waals surface area contributed by atoms with Crippen LogP contribution < -0.4 is 5.32 Å². The summed E-state index contributed by atoms with van der Waals surface area (Å²) in [6.07, 6.45) is 9.17. The highest BCUT2D eigenvalue weighted by Gasteiger charge is 2.25. The predicted molar refractivity (Wildman–Crippen MR) is 102 cm³/mol. The minimum atomic E-state index is -0.102. The van der Waals surface area contributed by atoms with Crippen LogP contribution in [0.4, 0.5) is 5.69 Å². The van der Waals surface area contributed by atoms with Crippen LogP contribution in [0.5, 0.6) is 0 Å². The zero-order valence-corrected chi connectivity index (χ0v) is 15.1. The van der Waals surface area contributed by atoms with E-state index in [4.69, 9.17) is 5.26 Å². The quantitative estimate of drug-likeness (QED) is 0.740. The summed E-state index contributed by atoms with van der Waals surface area (Å²) in [6.45, 7) is 1.30. The number of imidazole rings is 1. The third-order valence-corrected chi connectivity index (χ3v) is 5.00. The summed E-state index contributed by atoms with van der Waals surface area (Å²) in [5, 5.41) is 13.4. The second-order valence-corrected chi connectivity index (χ2v) is 6.81. The topological polar surface area (TPSA) is 103 Å². The van der Waals surface area contributed by atoms with Crippen molar-refractivity contribution in [1.29, 1.82) is 5.26 Å². The number of aromatic nitrogens is 4. The molecule has 1 aliphatic heterocycles. The van der Waals surface area contributed by atoms with Crippen molar-refractivity contribution >= 4 is 22.6 Å². The molecule has 4 rings (SSSR count). The fourth-order valence-electron chi connectivity index (χ4n) is 3.66. The lowest BCUT2D eigenvalue weighted by atomic mass is 10.0. The third kappa shape index (κ3) is 3.24. The van der Waals surface area contributed by atoms with E-state index >= 15 is 0 Å². The van der Waals surface area contributed by atoms with Gasteiger partial charge in [-0.25, -0.2) is 9.97 Å². The average Bonchev–Trinajstić information content (AvgIpc) is 3.31. The van der Waals surface area contributed by atoms with Crippen LogP contribution in [0.15, 0.2) is 30.9 Å². The number of rotatable bonds is 4. The molecule has 1 fully saturated rings. The molecule has 27 heavy (non-hydrogen) atoms. The Morgan fingerprint density at radius 3 is 3.15 bits per heavy atom. The minimum absolute atomic E-state index is 0.0669. The number of fused-ring (bicyclic) bond motifs is 1. The van der Waals surface area contributed by atoms with Gasteiger partial charge in [0.05, 0.1) is 17.3 Å². The predicted octanol–water partition coefficient (Wildman–Crippen LogP) is 2.28. The van der Waals surface area contributed by atoms with Crippen LogP contribution in [-0.4, -0.2) is 49.5 Å². The van der Waals surface area contributed by atoms with Gasteiger partial charge in [0, 0.05) is 56.4 Å². The Morgan fingerprint density at radius 2 is 2.37 bits per heavy atom. The summed E-state index contributed by atoms with van der Waals surface area (Å²) >= 11 is 0. The molecule has 3 aromatic rings. The lowest BCUT2D eigenvalue weighted by Crippen LogP contribution is -2.45. The number of likely N-dealkylation sites (tertiary alicyclic amines) is 1. The summed E-state index contributed by atoms with van der Waals surface area (Å²) in [6, 6.07) is 4.06. The number of nitrogens with zero attached hydrogens (tertiary/aromatic N) is 5. The Kier molecular flexibility index (Phi) is 4.50. The molecule has 138 valence electrons. The molecule has 8 heteroatoms. The molecule has 2 N–H and O–H groups in total. The highest BCUT2D eigenvalue weighted by atomic mass is 16.2. The van der Waals surface area contributed by atoms with E-state index in [9.17, 15) is 4.79 Å². The summed E-state index contributed by atoms with van der Waals surface area (Å²) in [4.78, 5) is 26.0. The normalized spacial score (nSPS) is 17.0. The van der Waals surface area contributed by atoms with E-state index in [1.165, 1.54) is 0 Å². The van der Waals surface area contributed by atoms with Crippen molar-refractivity contribution < 1.29 is 4.79 Å². The number of carbonyl (C=O) groups excluding carboxylic acids is 1. The number of carbonyl (C=O) groups is 1. The van der Waals surface area contributed by atoms with Crippen molar-refractivity contribution in [3.63, 3.8) is 0 Å². The number of aromatic amines is 1.